The molecule has 2 aliphatic rings. The van der Waals surface area contributed by atoms with Crippen molar-refractivity contribution in [1.82, 2.24) is 9.55 Å². The highest BCUT2D eigenvalue weighted by molar-refractivity contribution is 7.13. The summed E-state index contributed by atoms with van der Waals surface area (Å²) in [5, 5.41) is -0.135. The van der Waals surface area contributed by atoms with Gasteiger partial charge in [-0.05, 0) is 23.8 Å². The second-order valence-electron chi connectivity index (χ2n) is 4.07. The Labute approximate surface area is 117 Å². The van der Waals surface area contributed by atoms with Crippen LogP contribution in [0.1, 0.15) is 5.56 Å². The van der Waals surface area contributed by atoms with Crippen LogP contribution in [-0.4, -0.2) is 9.55 Å². The molecule has 0 aromatic carbocycles. The normalized spacial score (nSPS) is 11.1. The number of thiophene rings is 1. The second kappa shape index (κ2) is 4.75. The molecule has 3 rings (SSSR count). The van der Waals surface area contributed by atoms with Gasteiger partial charge in [-0.1, -0.05) is 22.9 Å². The molecule has 0 saturated carbocycles. The standard InChI is InChI=1S/C13H8ClFN2OS/c14-13-9(15)4-8(6-16-13)7-17-3-1-2-11-10(17)5-12(18)19-11/h1-6H,7H2. The van der Waals surface area contributed by atoms with E-state index in [0.717, 1.165) is 10.6 Å². The summed E-state index contributed by atoms with van der Waals surface area (Å²) in [4.78, 5) is 16.1. The molecule has 2 aliphatic heterocycles. The van der Waals surface area contributed by atoms with Crippen LogP contribution in [-0.2, 0) is 6.54 Å². The van der Waals surface area contributed by atoms with E-state index in [2.05, 4.69) is 4.98 Å². The molecule has 3 nitrogen and oxygen atoms in total. The number of hydrogen-bond acceptors (Lipinski definition) is 3. The van der Waals surface area contributed by atoms with Gasteiger partial charge in [-0.25, -0.2) is 9.37 Å². The predicted octanol–water partition coefficient (Wildman–Crippen LogP) is 3.25. The summed E-state index contributed by atoms with van der Waals surface area (Å²) in [7, 11) is 0. The molecule has 96 valence electrons. The van der Waals surface area contributed by atoms with Crippen molar-refractivity contribution in [1.29, 1.82) is 0 Å². The van der Waals surface area contributed by atoms with Crippen molar-refractivity contribution in [3.63, 3.8) is 0 Å². The highest BCUT2D eigenvalue weighted by Gasteiger charge is 2.10. The first-order valence-corrected chi connectivity index (χ1v) is 6.72. The van der Waals surface area contributed by atoms with Gasteiger partial charge in [0.25, 0.3) is 0 Å². The smallest absolute Gasteiger partial charge is 0.235 e. The van der Waals surface area contributed by atoms with Gasteiger partial charge in [-0.3, -0.25) is 4.79 Å². The van der Waals surface area contributed by atoms with E-state index < -0.39 is 5.82 Å². The van der Waals surface area contributed by atoms with Gasteiger partial charge >= 0.3 is 0 Å². The first-order valence-electron chi connectivity index (χ1n) is 5.52. The van der Waals surface area contributed by atoms with Crippen molar-refractivity contribution in [2.24, 2.45) is 0 Å². The average Bonchev–Trinajstić information content (AvgIpc) is 2.75. The van der Waals surface area contributed by atoms with Crippen LogP contribution in [0.5, 0.6) is 0 Å². The molecule has 0 unspecified atom stereocenters. The molecule has 0 spiro atoms. The average molecular weight is 295 g/mol. The van der Waals surface area contributed by atoms with Crippen molar-refractivity contribution < 1.29 is 4.39 Å². The maximum Gasteiger partial charge on any atom is 0.235 e. The largest absolute Gasteiger partial charge is 0.342 e. The third-order valence-corrected chi connectivity index (χ3v) is 3.91. The van der Waals surface area contributed by atoms with Crippen molar-refractivity contribution in [2.45, 2.75) is 6.54 Å². The van der Waals surface area contributed by atoms with E-state index in [4.69, 9.17) is 11.6 Å². The number of fused-ring (bicyclic) bond motifs is 1. The third-order valence-electron chi connectivity index (χ3n) is 2.75. The van der Waals surface area contributed by atoms with E-state index in [1.165, 1.54) is 23.6 Å². The molecule has 0 radical (unpaired) electrons. The Hall–Kier alpha value is -1.72. The van der Waals surface area contributed by atoms with E-state index in [1.807, 2.05) is 22.9 Å². The zero-order valence-electron chi connectivity index (χ0n) is 9.64. The summed E-state index contributed by atoms with van der Waals surface area (Å²) < 4.78 is 15.2. The zero-order valence-corrected chi connectivity index (χ0v) is 11.2. The lowest BCUT2D eigenvalue weighted by Crippen LogP contribution is -2.04. The number of aromatic nitrogens is 2. The molecular formula is C13H8ClFN2OS. The Bertz CT molecular complexity index is 768. The fourth-order valence-corrected chi connectivity index (χ4v) is 2.83. The molecule has 3 heterocycles. The van der Waals surface area contributed by atoms with Crippen LogP contribution in [0.15, 0.2) is 41.5 Å². The van der Waals surface area contributed by atoms with Gasteiger partial charge in [0.05, 0.1) is 10.6 Å². The van der Waals surface area contributed by atoms with Crippen LogP contribution in [0.3, 0.4) is 0 Å². The van der Waals surface area contributed by atoms with E-state index >= 15 is 0 Å². The Morgan fingerprint density at radius 1 is 1.42 bits per heavy atom. The van der Waals surface area contributed by atoms with E-state index in [9.17, 15) is 9.18 Å². The molecule has 1 aromatic heterocycles. The number of hydrogen-bond donors (Lipinski definition) is 0. The van der Waals surface area contributed by atoms with Gasteiger partial charge in [0.15, 0.2) is 11.0 Å². The summed E-state index contributed by atoms with van der Waals surface area (Å²) in [5.41, 5.74) is 1.53. The van der Waals surface area contributed by atoms with Gasteiger partial charge in [0.2, 0.25) is 4.74 Å². The zero-order chi connectivity index (χ0) is 13.4. The Morgan fingerprint density at radius 2 is 2.26 bits per heavy atom. The lowest BCUT2D eigenvalue weighted by Gasteiger charge is -2.11. The molecule has 0 N–H and O–H groups in total. The summed E-state index contributed by atoms with van der Waals surface area (Å²) in [6, 6.07) is 6.68. The molecule has 0 bridgehead atoms. The van der Waals surface area contributed by atoms with Crippen LogP contribution in [0.25, 0.3) is 10.6 Å². The fourth-order valence-electron chi connectivity index (χ4n) is 1.91. The van der Waals surface area contributed by atoms with Crippen LogP contribution in [0.2, 0.25) is 5.15 Å². The quantitative estimate of drug-likeness (QED) is 0.680. The number of rotatable bonds is 2. The summed E-state index contributed by atoms with van der Waals surface area (Å²) in [6.07, 6.45) is 3.38. The molecule has 0 atom stereocenters. The molecule has 6 heteroatoms. The van der Waals surface area contributed by atoms with Crippen molar-refractivity contribution >= 4 is 22.9 Å². The van der Waals surface area contributed by atoms with Gasteiger partial charge in [0.1, 0.15) is 0 Å². The van der Waals surface area contributed by atoms with Gasteiger partial charge in [0, 0.05) is 25.0 Å². The molecular weight excluding hydrogens is 287 g/mol. The highest BCUT2D eigenvalue weighted by atomic mass is 35.5. The molecule has 0 saturated heterocycles. The minimum Gasteiger partial charge on any atom is -0.342 e. The Kier molecular flexibility index (Phi) is 3.08. The van der Waals surface area contributed by atoms with Crippen LogP contribution in [0.4, 0.5) is 4.39 Å². The molecule has 19 heavy (non-hydrogen) atoms. The monoisotopic (exact) mass is 294 g/mol. The topological polar surface area (TPSA) is 34.9 Å². The van der Waals surface area contributed by atoms with E-state index in [-0.39, 0.29) is 9.90 Å². The molecule has 0 fully saturated rings. The maximum absolute atomic E-state index is 13.3. The summed E-state index contributed by atoms with van der Waals surface area (Å²) in [6.45, 7) is 0.439. The van der Waals surface area contributed by atoms with Gasteiger partial charge < -0.3 is 4.57 Å². The number of halogens is 2. The maximum atomic E-state index is 13.3. The number of nitrogens with zero attached hydrogens (tertiary/aromatic N) is 2. The molecule has 0 aliphatic carbocycles. The van der Waals surface area contributed by atoms with E-state index in [1.54, 1.807) is 6.07 Å². The van der Waals surface area contributed by atoms with Crippen LogP contribution in [0, 0.1) is 5.82 Å². The van der Waals surface area contributed by atoms with Crippen molar-refractivity contribution in [3.05, 3.63) is 62.7 Å². The Morgan fingerprint density at radius 3 is 3.05 bits per heavy atom. The first-order chi connectivity index (χ1) is 9.13. The molecule has 1 aromatic rings. The Balaban J connectivity index is 2.01. The second-order valence-corrected chi connectivity index (χ2v) is 5.47. The molecule has 0 amide bonds. The van der Waals surface area contributed by atoms with Crippen LogP contribution < -0.4 is 4.74 Å². The minimum atomic E-state index is -0.540. The SMILES string of the molecule is O=c1cc2n(Cc3cnc(Cl)c(F)c3)cccc-2s1. The van der Waals surface area contributed by atoms with E-state index in [0.29, 0.717) is 12.1 Å². The minimum absolute atomic E-state index is 0.00959. The summed E-state index contributed by atoms with van der Waals surface area (Å²) >= 11 is 6.74. The highest BCUT2D eigenvalue weighted by Crippen LogP contribution is 2.25. The van der Waals surface area contributed by atoms with Crippen molar-refractivity contribution in [3.8, 4) is 10.6 Å². The van der Waals surface area contributed by atoms with Crippen molar-refractivity contribution in [2.75, 3.05) is 0 Å². The van der Waals surface area contributed by atoms with Gasteiger partial charge in [-0.2, -0.15) is 0 Å². The number of pyridine rings is 2. The van der Waals surface area contributed by atoms with Gasteiger partial charge in [-0.15, -0.1) is 0 Å². The predicted molar refractivity (Wildman–Crippen MR) is 73.5 cm³/mol. The lowest BCUT2D eigenvalue weighted by atomic mass is 10.2. The summed E-state index contributed by atoms with van der Waals surface area (Å²) in [5.74, 6) is -0.540. The first kappa shape index (κ1) is 12.3. The lowest BCUT2D eigenvalue weighted by molar-refractivity contribution is 0.617. The third kappa shape index (κ3) is 2.39. The van der Waals surface area contributed by atoms with Crippen LogP contribution >= 0.6 is 22.9 Å². The fraction of sp³-hybridized carbons (Fsp3) is 0.0769.